The zero-order valence-corrected chi connectivity index (χ0v) is 13.4. The van der Waals surface area contributed by atoms with Crippen molar-refractivity contribution in [2.75, 3.05) is 24.5 Å². The van der Waals surface area contributed by atoms with Gasteiger partial charge in [-0.1, -0.05) is 0 Å². The van der Waals surface area contributed by atoms with Crippen molar-refractivity contribution in [2.24, 2.45) is 0 Å². The zero-order valence-electron chi connectivity index (χ0n) is 12.5. The molecule has 2 aromatic rings. The van der Waals surface area contributed by atoms with Gasteiger partial charge in [-0.15, -0.1) is 11.3 Å². The van der Waals surface area contributed by atoms with Crippen LogP contribution in [0.15, 0.2) is 17.8 Å². The van der Waals surface area contributed by atoms with Crippen LogP contribution in [0, 0.1) is 13.8 Å². The first-order valence-corrected chi connectivity index (χ1v) is 8.43. The summed E-state index contributed by atoms with van der Waals surface area (Å²) in [5, 5.41) is 2.23. The minimum atomic E-state index is 0.674. The zero-order chi connectivity index (χ0) is 14.4. The van der Waals surface area contributed by atoms with E-state index in [4.69, 9.17) is 0 Å². The molecule has 5 heteroatoms. The number of nitrogens with zero attached hydrogens (tertiary/aromatic N) is 4. The number of aryl methyl sites for hydroxylation is 1. The third-order valence-electron chi connectivity index (χ3n) is 4.82. The SMILES string of the molecule is Cc1ncnc(N2CC(N3CCc4sccc4C3)C2)c1C. The van der Waals surface area contributed by atoms with Gasteiger partial charge < -0.3 is 4.90 Å². The van der Waals surface area contributed by atoms with E-state index in [1.807, 2.05) is 11.3 Å². The second-order valence-corrected chi connectivity index (χ2v) is 7.06. The molecule has 0 saturated carbocycles. The predicted octanol–water partition coefficient (Wildman–Crippen LogP) is 2.40. The summed E-state index contributed by atoms with van der Waals surface area (Å²) >= 11 is 1.91. The summed E-state index contributed by atoms with van der Waals surface area (Å²) in [6.07, 6.45) is 2.90. The lowest BCUT2D eigenvalue weighted by molar-refractivity contribution is 0.151. The fraction of sp³-hybridized carbons (Fsp3) is 0.500. The van der Waals surface area contributed by atoms with E-state index in [0.717, 1.165) is 31.1 Å². The monoisotopic (exact) mass is 300 g/mol. The lowest BCUT2D eigenvalue weighted by atomic mass is 10.0. The van der Waals surface area contributed by atoms with Crippen LogP contribution in [0.3, 0.4) is 0 Å². The number of rotatable bonds is 2. The molecule has 0 unspecified atom stereocenters. The Bertz CT molecular complexity index is 660. The Kier molecular flexibility index (Phi) is 3.19. The summed E-state index contributed by atoms with van der Waals surface area (Å²) in [6, 6.07) is 2.97. The molecule has 0 aromatic carbocycles. The van der Waals surface area contributed by atoms with E-state index in [-0.39, 0.29) is 0 Å². The summed E-state index contributed by atoms with van der Waals surface area (Å²) in [6.45, 7) is 8.69. The van der Waals surface area contributed by atoms with Crippen LogP contribution in [0.2, 0.25) is 0 Å². The highest BCUT2D eigenvalue weighted by Gasteiger charge is 2.35. The number of hydrogen-bond donors (Lipinski definition) is 0. The highest BCUT2D eigenvalue weighted by molar-refractivity contribution is 7.10. The Morgan fingerprint density at radius 1 is 1.24 bits per heavy atom. The fourth-order valence-corrected chi connectivity index (χ4v) is 4.18. The topological polar surface area (TPSA) is 32.3 Å². The molecule has 21 heavy (non-hydrogen) atoms. The van der Waals surface area contributed by atoms with Gasteiger partial charge in [-0.05, 0) is 37.3 Å². The minimum Gasteiger partial charge on any atom is -0.353 e. The molecule has 0 bridgehead atoms. The minimum absolute atomic E-state index is 0.674. The van der Waals surface area contributed by atoms with Crippen LogP contribution in [-0.2, 0) is 13.0 Å². The number of fused-ring (bicyclic) bond motifs is 1. The van der Waals surface area contributed by atoms with E-state index >= 15 is 0 Å². The van der Waals surface area contributed by atoms with Crippen molar-refractivity contribution in [1.82, 2.24) is 14.9 Å². The standard InChI is InChI=1S/C16H20N4S/c1-11-12(2)17-10-18-16(11)20-8-14(9-20)19-5-3-15-13(7-19)4-6-21-15/h4,6,10,14H,3,5,7-9H2,1-2H3. The smallest absolute Gasteiger partial charge is 0.135 e. The van der Waals surface area contributed by atoms with Gasteiger partial charge in [0.15, 0.2) is 0 Å². The summed E-state index contributed by atoms with van der Waals surface area (Å²) in [7, 11) is 0. The van der Waals surface area contributed by atoms with E-state index in [0.29, 0.717) is 6.04 Å². The summed E-state index contributed by atoms with van der Waals surface area (Å²) < 4.78 is 0. The second kappa shape index (κ2) is 5.07. The third kappa shape index (κ3) is 2.24. The molecule has 110 valence electrons. The van der Waals surface area contributed by atoms with Crippen LogP contribution in [0.25, 0.3) is 0 Å². The number of hydrogen-bond acceptors (Lipinski definition) is 5. The van der Waals surface area contributed by atoms with Crippen molar-refractivity contribution >= 4 is 17.2 Å². The average molecular weight is 300 g/mol. The van der Waals surface area contributed by atoms with Crippen molar-refractivity contribution in [1.29, 1.82) is 0 Å². The maximum absolute atomic E-state index is 4.47. The summed E-state index contributed by atoms with van der Waals surface area (Å²) in [5.41, 5.74) is 3.85. The van der Waals surface area contributed by atoms with E-state index in [1.54, 1.807) is 16.8 Å². The fourth-order valence-electron chi connectivity index (χ4n) is 3.29. The molecule has 4 nitrogen and oxygen atoms in total. The molecule has 0 atom stereocenters. The predicted molar refractivity (Wildman–Crippen MR) is 85.9 cm³/mol. The Balaban J connectivity index is 1.43. The van der Waals surface area contributed by atoms with Gasteiger partial charge in [0.25, 0.3) is 0 Å². The average Bonchev–Trinajstić information content (AvgIpc) is 2.89. The molecule has 4 heterocycles. The molecule has 0 N–H and O–H groups in total. The van der Waals surface area contributed by atoms with Crippen LogP contribution in [0.4, 0.5) is 5.82 Å². The van der Waals surface area contributed by atoms with Crippen molar-refractivity contribution in [2.45, 2.75) is 32.9 Å². The second-order valence-electron chi connectivity index (χ2n) is 6.06. The number of aromatic nitrogens is 2. The Morgan fingerprint density at radius 2 is 2.10 bits per heavy atom. The number of thiophene rings is 1. The van der Waals surface area contributed by atoms with Gasteiger partial charge in [0.1, 0.15) is 12.1 Å². The lowest BCUT2D eigenvalue weighted by Gasteiger charge is -2.47. The largest absolute Gasteiger partial charge is 0.353 e. The summed E-state index contributed by atoms with van der Waals surface area (Å²) in [4.78, 5) is 15.3. The Labute approximate surface area is 129 Å². The first kappa shape index (κ1) is 13.2. The van der Waals surface area contributed by atoms with Crippen molar-refractivity contribution in [3.8, 4) is 0 Å². The van der Waals surface area contributed by atoms with Crippen molar-refractivity contribution in [3.63, 3.8) is 0 Å². The van der Waals surface area contributed by atoms with Crippen LogP contribution in [0.1, 0.15) is 21.7 Å². The molecular weight excluding hydrogens is 280 g/mol. The number of anilines is 1. The molecule has 0 aliphatic carbocycles. The molecule has 4 rings (SSSR count). The maximum atomic E-state index is 4.47. The Morgan fingerprint density at radius 3 is 2.95 bits per heavy atom. The van der Waals surface area contributed by atoms with E-state index in [1.165, 1.54) is 18.5 Å². The molecular formula is C16H20N4S. The molecule has 1 saturated heterocycles. The highest BCUT2D eigenvalue weighted by Crippen LogP contribution is 2.30. The maximum Gasteiger partial charge on any atom is 0.135 e. The van der Waals surface area contributed by atoms with Gasteiger partial charge in [-0.3, -0.25) is 4.90 Å². The van der Waals surface area contributed by atoms with Crippen molar-refractivity contribution in [3.05, 3.63) is 39.5 Å². The van der Waals surface area contributed by atoms with Crippen LogP contribution in [0.5, 0.6) is 0 Å². The van der Waals surface area contributed by atoms with Crippen LogP contribution < -0.4 is 4.90 Å². The van der Waals surface area contributed by atoms with E-state index in [9.17, 15) is 0 Å². The molecule has 0 radical (unpaired) electrons. The van der Waals surface area contributed by atoms with E-state index in [2.05, 4.69) is 45.1 Å². The first-order valence-electron chi connectivity index (χ1n) is 7.55. The van der Waals surface area contributed by atoms with Gasteiger partial charge >= 0.3 is 0 Å². The summed E-state index contributed by atoms with van der Waals surface area (Å²) in [5.74, 6) is 1.12. The van der Waals surface area contributed by atoms with Gasteiger partial charge in [-0.25, -0.2) is 9.97 Å². The van der Waals surface area contributed by atoms with Crippen LogP contribution >= 0.6 is 11.3 Å². The van der Waals surface area contributed by atoms with Crippen molar-refractivity contribution < 1.29 is 0 Å². The molecule has 2 aliphatic rings. The van der Waals surface area contributed by atoms with E-state index < -0.39 is 0 Å². The normalized spacial score (nSPS) is 19.4. The van der Waals surface area contributed by atoms with Gasteiger partial charge in [0.05, 0.1) is 0 Å². The van der Waals surface area contributed by atoms with Crippen LogP contribution in [-0.4, -0.2) is 40.5 Å². The quantitative estimate of drug-likeness (QED) is 0.852. The molecule has 0 amide bonds. The molecule has 2 aliphatic heterocycles. The first-order chi connectivity index (χ1) is 10.2. The lowest BCUT2D eigenvalue weighted by Crippen LogP contribution is -2.60. The Hall–Kier alpha value is -1.46. The highest BCUT2D eigenvalue weighted by atomic mass is 32.1. The van der Waals surface area contributed by atoms with Gasteiger partial charge in [0.2, 0.25) is 0 Å². The third-order valence-corrected chi connectivity index (χ3v) is 5.85. The van der Waals surface area contributed by atoms with Gasteiger partial charge in [0, 0.05) is 48.4 Å². The molecule has 0 spiro atoms. The van der Waals surface area contributed by atoms with Gasteiger partial charge in [-0.2, -0.15) is 0 Å². The molecule has 2 aromatic heterocycles. The molecule has 1 fully saturated rings.